The third-order valence-corrected chi connectivity index (χ3v) is 3.51. The van der Waals surface area contributed by atoms with Crippen LogP contribution in [0.15, 0.2) is 30.3 Å². The fraction of sp³-hybridized carbons (Fsp3) is 0.462. The summed E-state index contributed by atoms with van der Waals surface area (Å²) < 4.78 is 0. The number of rotatable bonds is 3. The van der Waals surface area contributed by atoms with Crippen molar-refractivity contribution < 1.29 is 4.79 Å². The summed E-state index contributed by atoms with van der Waals surface area (Å²) in [6.45, 7) is 0. The molecule has 4 heteroatoms. The molecule has 0 bridgehead atoms. The molecule has 0 unspecified atom stereocenters. The summed E-state index contributed by atoms with van der Waals surface area (Å²) in [6.07, 6.45) is 1.32. The molecule has 1 fully saturated rings. The lowest BCUT2D eigenvalue weighted by Gasteiger charge is -2.28. The van der Waals surface area contributed by atoms with Crippen molar-refractivity contribution in [3.05, 3.63) is 35.9 Å². The number of nitrogens with zero attached hydrogens (tertiary/aromatic N) is 2. The maximum absolute atomic E-state index is 11.6. The molecule has 0 radical (unpaired) electrons. The van der Waals surface area contributed by atoms with Crippen LogP contribution in [0.25, 0.3) is 0 Å². The number of hydrogen-bond acceptors (Lipinski definition) is 3. The van der Waals surface area contributed by atoms with Crippen LogP contribution >= 0.6 is 0 Å². The monoisotopic (exact) mass is 233 g/mol. The van der Waals surface area contributed by atoms with Crippen molar-refractivity contribution in [2.45, 2.75) is 24.9 Å². The Morgan fingerprint density at radius 3 is 2.53 bits per heavy atom. The van der Waals surface area contributed by atoms with Gasteiger partial charge in [0.05, 0.1) is 6.04 Å². The van der Waals surface area contributed by atoms with Gasteiger partial charge in [-0.3, -0.25) is 9.80 Å². The van der Waals surface area contributed by atoms with Crippen molar-refractivity contribution in [2.75, 3.05) is 14.1 Å². The second-order valence-electron chi connectivity index (χ2n) is 4.62. The molecule has 0 saturated carbocycles. The van der Waals surface area contributed by atoms with Gasteiger partial charge in [0.1, 0.15) is 0 Å². The Morgan fingerprint density at radius 1 is 1.35 bits per heavy atom. The van der Waals surface area contributed by atoms with Crippen LogP contribution < -0.4 is 5.73 Å². The number of amides is 1. The number of likely N-dealkylation sites (N-methyl/N-ethyl adjacent to an activating group) is 1. The van der Waals surface area contributed by atoms with E-state index in [4.69, 9.17) is 5.73 Å². The van der Waals surface area contributed by atoms with Gasteiger partial charge in [-0.1, -0.05) is 30.3 Å². The van der Waals surface area contributed by atoms with E-state index in [0.29, 0.717) is 6.42 Å². The van der Waals surface area contributed by atoms with Gasteiger partial charge in [-0.25, -0.2) is 5.01 Å². The highest BCUT2D eigenvalue weighted by Crippen LogP contribution is 2.20. The summed E-state index contributed by atoms with van der Waals surface area (Å²) >= 11 is 0. The maximum Gasteiger partial charge on any atom is 0.238 e. The van der Waals surface area contributed by atoms with E-state index in [1.165, 1.54) is 5.56 Å². The first-order chi connectivity index (χ1) is 8.09. The van der Waals surface area contributed by atoms with Gasteiger partial charge in [0.2, 0.25) is 5.91 Å². The summed E-state index contributed by atoms with van der Waals surface area (Å²) in [5.41, 5.74) is 7.42. The normalized spacial score (nSPS) is 23.1. The van der Waals surface area contributed by atoms with Crippen molar-refractivity contribution in [1.29, 1.82) is 0 Å². The molecule has 4 nitrogen and oxygen atoms in total. The average molecular weight is 233 g/mol. The van der Waals surface area contributed by atoms with E-state index in [-0.39, 0.29) is 18.0 Å². The summed E-state index contributed by atoms with van der Waals surface area (Å²) in [4.78, 5) is 11.6. The van der Waals surface area contributed by atoms with Crippen LogP contribution in [-0.4, -0.2) is 42.1 Å². The highest BCUT2D eigenvalue weighted by Gasteiger charge is 2.36. The van der Waals surface area contributed by atoms with Crippen molar-refractivity contribution in [2.24, 2.45) is 5.73 Å². The molecule has 2 N–H and O–H groups in total. The average Bonchev–Trinajstić information content (AvgIpc) is 2.58. The number of carbonyl (C=O) groups is 1. The van der Waals surface area contributed by atoms with Gasteiger partial charge in [0.25, 0.3) is 0 Å². The lowest BCUT2D eigenvalue weighted by atomic mass is 9.98. The molecule has 1 aliphatic rings. The van der Waals surface area contributed by atoms with Crippen LogP contribution in [0, 0.1) is 0 Å². The molecule has 1 aromatic rings. The number of carbonyl (C=O) groups excluding carboxylic acids is 1. The van der Waals surface area contributed by atoms with Crippen molar-refractivity contribution >= 4 is 5.91 Å². The summed E-state index contributed by atoms with van der Waals surface area (Å²) in [6, 6.07) is 10.2. The fourth-order valence-electron chi connectivity index (χ4n) is 2.29. The smallest absolute Gasteiger partial charge is 0.238 e. The van der Waals surface area contributed by atoms with Gasteiger partial charge in [0.15, 0.2) is 0 Å². The Kier molecular flexibility index (Phi) is 3.45. The van der Waals surface area contributed by atoms with Crippen LogP contribution in [0.2, 0.25) is 0 Å². The largest absolute Gasteiger partial charge is 0.326 e. The Bertz CT molecular complexity index is 393. The number of benzene rings is 1. The van der Waals surface area contributed by atoms with E-state index < -0.39 is 0 Å². The highest BCUT2D eigenvalue weighted by molar-refractivity contribution is 5.78. The Balaban J connectivity index is 2.02. The standard InChI is InChI=1S/C13H19N3O/c1-15-12(9-13(17)16(15)2)11(14)8-10-6-4-3-5-7-10/h3-7,11-12H,8-9,14H2,1-2H3/t11-,12-/m0/s1. The zero-order valence-corrected chi connectivity index (χ0v) is 10.3. The predicted molar refractivity (Wildman–Crippen MR) is 67.1 cm³/mol. The highest BCUT2D eigenvalue weighted by atomic mass is 16.2. The Labute approximate surface area is 102 Å². The molecule has 1 heterocycles. The van der Waals surface area contributed by atoms with E-state index >= 15 is 0 Å². The van der Waals surface area contributed by atoms with Gasteiger partial charge >= 0.3 is 0 Å². The topological polar surface area (TPSA) is 49.6 Å². The molecule has 1 saturated heterocycles. The van der Waals surface area contributed by atoms with Crippen LogP contribution in [0.1, 0.15) is 12.0 Å². The summed E-state index contributed by atoms with van der Waals surface area (Å²) in [5, 5.41) is 3.59. The van der Waals surface area contributed by atoms with Crippen LogP contribution in [0.5, 0.6) is 0 Å². The molecular formula is C13H19N3O. The first-order valence-corrected chi connectivity index (χ1v) is 5.88. The third kappa shape index (κ3) is 2.48. The zero-order chi connectivity index (χ0) is 12.4. The number of hydrogen-bond donors (Lipinski definition) is 1. The Hall–Kier alpha value is -1.39. The first-order valence-electron chi connectivity index (χ1n) is 5.88. The van der Waals surface area contributed by atoms with Gasteiger partial charge in [-0.05, 0) is 12.0 Å². The van der Waals surface area contributed by atoms with Gasteiger partial charge in [0, 0.05) is 26.6 Å². The third-order valence-electron chi connectivity index (χ3n) is 3.51. The maximum atomic E-state index is 11.6. The van der Waals surface area contributed by atoms with Crippen LogP contribution in [0.4, 0.5) is 0 Å². The summed E-state index contributed by atoms with van der Waals surface area (Å²) in [5.74, 6) is 0.140. The van der Waals surface area contributed by atoms with Gasteiger partial charge in [-0.15, -0.1) is 0 Å². The lowest BCUT2D eigenvalue weighted by molar-refractivity contribution is -0.134. The molecule has 92 valence electrons. The van der Waals surface area contributed by atoms with E-state index in [0.717, 1.165) is 6.42 Å². The molecule has 1 aliphatic heterocycles. The summed E-state index contributed by atoms with van der Waals surface area (Å²) in [7, 11) is 3.71. The van der Waals surface area contributed by atoms with Crippen LogP contribution in [0.3, 0.4) is 0 Å². The molecule has 0 aromatic heterocycles. The number of hydrazine groups is 1. The second-order valence-corrected chi connectivity index (χ2v) is 4.62. The minimum absolute atomic E-state index is 0.0173. The predicted octanol–water partition coefficient (Wildman–Crippen LogP) is 0.634. The molecule has 0 aliphatic carbocycles. The van der Waals surface area contributed by atoms with E-state index in [2.05, 4.69) is 12.1 Å². The minimum atomic E-state index is -0.0173. The van der Waals surface area contributed by atoms with Crippen molar-refractivity contribution in [3.8, 4) is 0 Å². The SMILES string of the molecule is CN1C(=O)C[C@@H]([C@@H](N)Cc2ccccc2)N1C. The van der Waals surface area contributed by atoms with E-state index in [1.807, 2.05) is 30.3 Å². The van der Waals surface area contributed by atoms with Crippen molar-refractivity contribution in [3.63, 3.8) is 0 Å². The molecule has 2 rings (SSSR count). The molecule has 1 aromatic carbocycles. The lowest BCUT2D eigenvalue weighted by Crippen LogP contribution is -2.46. The first kappa shape index (κ1) is 12.1. The number of nitrogens with two attached hydrogens (primary N) is 1. The quantitative estimate of drug-likeness (QED) is 0.833. The van der Waals surface area contributed by atoms with Gasteiger partial charge in [-0.2, -0.15) is 0 Å². The molecule has 0 spiro atoms. The van der Waals surface area contributed by atoms with Crippen molar-refractivity contribution in [1.82, 2.24) is 10.0 Å². The van der Waals surface area contributed by atoms with E-state index in [9.17, 15) is 4.79 Å². The molecule has 17 heavy (non-hydrogen) atoms. The molecule has 2 atom stereocenters. The van der Waals surface area contributed by atoms with E-state index in [1.54, 1.807) is 12.1 Å². The fourth-order valence-corrected chi connectivity index (χ4v) is 2.29. The molecular weight excluding hydrogens is 214 g/mol. The molecule has 1 amide bonds. The second kappa shape index (κ2) is 4.85. The minimum Gasteiger partial charge on any atom is -0.326 e. The Morgan fingerprint density at radius 2 is 2.00 bits per heavy atom. The van der Waals surface area contributed by atoms with Crippen LogP contribution in [-0.2, 0) is 11.2 Å². The van der Waals surface area contributed by atoms with Gasteiger partial charge < -0.3 is 5.73 Å². The zero-order valence-electron chi connectivity index (χ0n) is 10.3.